The van der Waals surface area contributed by atoms with Gasteiger partial charge in [0.05, 0.1) is 6.10 Å². The first-order valence-electron chi connectivity index (χ1n) is 5.90. The van der Waals surface area contributed by atoms with Gasteiger partial charge in [0, 0.05) is 29.9 Å². The van der Waals surface area contributed by atoms with Gasteiger partial charge in [-0.15, -0.1) is 0 Å². The van der Waals surface area contributed by atoms with Gasteiger partial charge >= 0.3 is 0 Å². The van der Waals surface area contributed by atoms with Crippen LogP contribution in [-0.2, 0) is 0 Å². The molecule has 7 heteroatoms. The van der Waals surface area contributed by atoms with Crippen LogP contribution >= 0.6 is 0 Å². The van der Waals surface area contributed by atoms with E-state index in [0.29, 0.717) is 12.1 Å². The number of benzene rings is 2. The lowest BCUT2D eigenvalue weighted by Gasteiger charge is -2.14. The molecule has 2 aromatic rings. The fourth-order valence-electron chi connectivity index (χ4n) is 1.75. The van der Waals surface area contributed by atoms with Gasteiger partial charge in [0.2, 0.25) is 0 Å². The van der Waals surface area contributed by atoms with Crippen molar-refractivity contribution in [1.29, 1.82) is 0 Å². The van der Waals surface area contributed by atoms with Crippen molar-refractivity contribution in [2.75, 3.05) is 11.9 Å². The molecule has 21 heavy (non-hydrogen) atoms. The minimum absolute atomic E-state index is 0.137. The van der Waals surface area contributed by atoms with E-state index in [4.69, 9.17) is 0 Å². The van der Waals surface area contributed by atoms with Crippen LogP contribution in [-0.4, -0.2) is 11.7 Å². The van der Waals surface area contributed by atoms with E-state index in [0.717, 1.165) is 18.2 Å². The third-order valence-corrected chi connectivity index (χ3v) is 2.80. The van der Waals surface area contributed by atoms with E-state index in [2.05, 4.69) is 5.32 Å². The summed E-state index contributed by atoms with van der Waals surface area (Å²) in [5.74, 6) is -5.96. The highest BCUT2D eigenvalue weighted by Crippen LogP contribution is 2.21. The van der Waals surface area contributed by atoms with E-state index in [1.165, 1.54) is 0 Å². The molecular formula is C14H10F5NO. The molecule has 1 unspecified atom stereocenters. The van der Waals surface area contributed by atoms with Crippen molar-refractivity contribution in [2.45, 2.75) is 6.10 Å². The highest BCUT2D eigenvalue weighted by Gasteiger charge is 2.15. The molecule has 112 valence electrons. The fourth-order valence-corrected chi connectivity index (χ4v) is 1.75. The van der Waals surface area contributed by atoms with Gasteiger partial charge in [-0.1, -0.05) is 0 Å². The Bertz CT molecular complexity index is 639. The van der Waals surface area contributed by atoms with Crippen LogP contribution in [0.5, 0.6) is 0 Å². The largest absolute Gasteiger partial charge is 0.386 e. The molecule has 0 amide bonds. The molecule has 0 radical (unpaired) electrons. The third-order valence-electron chi connectivity index (χ3n) is 2.80. The molecule has 0 saturated carbocycles. The fraction of sp³-hybridized carbons (Fsp3) is 0.143. The summed E-state index contributed by atoms with van der Waals surface area (Å²) in [6.45, 7) is -0.342. The second-order valence-electron chi connectivity index (χ2n) is 4.32. The molecule has 1 atom stereocenters. The van der Waals surface area contributed by atoms with E-state index in [1.807, 2.05) is 0 Å². The molecule has 0 saturated heterocycles. The zero-order valence-electron chi connectivity index (χ0n) is 10.5. The molecule has 2 aromatic carbocycles. The summed E-state index contributed by atoms with van der Waals surface area (Å²) >= 11 is 0. The lowest BCUT2D eigenvalue weighted by atomic mass is 10.1. The number of nitrogens with one attached hydrogen (secondary N) is 1. The van der Waals surface area contributed by atoms with Gasteiger partial charge in [0.15, 0.2) is 17.5 Å². The van der Waals surface area contributed by atoms with E-state index < -0.39 is 35.2 Å². The number of aliphatic hydroxyl groups is 1. The predicted molar refractivity (Wildman–Crippen MR) is 66.1 cm³/mol. The van der Waals surface area contributed by atoms with Gasteiger partial charge < -0.3 is 10.4 Å². The standard InChI is InChI=1S/C14H10F5NO/c15-7-1-2-10(16)9(3-7)13(21)6-20-8-4-11(17)14(19)12(18)5-8/h1-5,13,20-21H,6H2. The van der Waals surface area contributed by atoms with Crippen LogP contribution in [0.1, 0.15) is 11.7 Å². The lowest BCUT2D eigenvalue weighted by Crippen LogP contribution is -2.14. The monoisotopic (exact) mass is 303 g/mol. The normalized spacial score (nSPS) is 12.3. The van der Waals surface area contributed by atoms with Crippen molar-refractivity contribution in [3.63, 3.8) is 0 Å². The zero-order valence-corrected chi connectivity index (χ0v) is 10.5. The van der Waals surface area contributed by atoms with Crippen molar-refractivity contribution in [3.8, 4) is 0 Å². The number of aliphatic hydroxyl groups excluding tert-OH is 1. The van der Waals surface area contributed by atoms with Gasteiger partial charge in [0.25, 0.3) is 0 Å². The van der Waals surface area contributed by atoms with Crippen molar-refractivity contribution in [2.24, 2.45) is 0 Å². The number of hydrogen-bond donors (Lipinski definition) is 2. The second kappa shape index (κ2) is 6.09. The van der Waals surface area contributed by atoms with Crippen LogP contribution < -0.4 is 5.32 Å². The maximum atomic E-state index is 13.4. The van der Waals surface area contributed by atoms with E-state index >= 15 is 0 Å². The smallest absolute Gasteiger partial charge is 0.194 e. The van der Waals surface area contributed by atoms with Gasteiger partial charge in [0.1, 0.15) is 11.6 Å². The van der Waals surface area contributed by atoms with Gasteiger partial charge in [-0.05, 0) is 18.2 Å². The van der Waals surface area contributed by atoms with Crippen molar-refractivity contribution >= 4 is 5.69 Å². The summed E-state index contributed by atoms with van der Waals surface area (Å²) in [4.78, 5) is 0. The average molecular weight is 303 g/mol. The van der Waals surface area contributed by atoms with Gasteiger partial charge in [-0.3, -0.25) is 0 Å². The maximum Gasteiger partial charge on any atom is 0.194 e. The van der Waals surface area contributed by atoms with Crippen LogP contribution in [0.25, 0.3) is 0 Å². The summed E-state index contributed by atoms with van der Waals surface area (Å²) in [5, 5.41) is 12.2. The molecule has 0 aromatic heterocycles. The molecular weight excluding hydrogens is 293 g/mol. The summed E-state index contributed by atoms with van der Waals surface area (Å²) < 4.78 is 65.1. The highest BCUT2D eigenvalue weighted by atomic mass is 19.2. The highest BCUT2D eigenvalue weighted by molar-refractivity contribution is 5.44. The predicted octanol–water partition coefficient (Wildman–Crippen LogP) is 3.53. The SMILES string of the molecule is OC(CNc1cc(F)c(F)c(F)c1)c1cc(F)ccc1F. The Morgan fingerprint density at radius 2 is 1.52 bits per heavy atom. The van der Waals surface area contributed by atoms with Gasteiger partial charge in [-0.25, -0.2) is 22.0 Å². The average Bonchev–Trinajstić information content (AvgIpc) is 2.44. The maximum absolute atomic E-state index is 13.4. The molecule has 0 aliphatic heterocycles. The topological polar surface area (TPSA) is 32.3 Å². The molecule has 0 bridgehead atoms. The molecule has 0 heterocycles. The van der Waals surface area contributed by atoms with Crippen LogP contribution in [0.3, 0.4) is 0 Å². The van der Waals surface area contributed by atoms with E-state index in [-0.39, 0.29) is 17.8 Å². The Hall–Kier alpha value is -2.15. The molecule has 2 N–H and O–H groups in total. The van der Waals surface area contributed by atoms with Crippen molar-refractivity contribution in [1.82, 2.24) is 0 Å². The summed E-state index contributed by atoms with van der Waals surface area (Å²) in [6.07, 6.45) is -1.45. The van der Waals surface area contributed by atoms with E-state index in [1.54, 1.807) is 0 Å². The third kappa shape index (κ3) is 3.49. The Kier molecular flexibility index (Phi) is 4.42. The Morgan fingerprint density at radius 1 is 0.905 bits per heavy atom. The Balaban J connectivity index is 2.11. The first-order valence-corrected chi connectivity index (χ1v) is 5.90. The van der Waals surface area contributed by atoms with Crippen LogP contribution in [0.2, 0.25) is 0 Å². The lowest BCUT2D eigenvalue weighted by molar-refractivity contribution is 0.186. The molecule has 0 fully saturated rings. The summed E-state index contributed by atoms with van der Waals surface area (Å²) in [5.41, 5.74) is -0.437. The van der Waals surface area contributed by atoms with Crippen molar-refractivity contribution in [3.05, 3.63) is 65.0 Å². The minimum atomic E-state index is -1.61. The first-order chi connectivity index (χ1) is 9.88. The second-order valence-corrected chi connectivity index (χ2v) is 4.32. The quantitative estimate of drug-likeness (QED) is 0.669. The van der Waals surface area contributed by atoms with Crippen LogP contribution in [0, 0.1) is 29.1 Å². The van der Waals surface area contributed by atoms with E-state index in [9.17, 15) is 27.1 Å². The zero-order chi connectivity index (χ0) is 15.6. The Labute approximate surface area is 116 Å². The number of rotatable bonds is 4. The number of halogens is 5. The molecule has 0 aliphatic rings. The Morgan fingerprint density at radius 3 is 2.14 bits per heavy atom. The number of anilines is 1. The minimum Gasteiger partial charge on any atom is -0.386 e. The molecule has 2 rings (SSSR count). The molecule has 2 nitrogen and oxygen atoms in total. The molecule has 0 spiro atoms. The summed E-state index contributed by atoms with van der Waals surface area (Å²) in [6, 6.07) is 3.93. The number of hydrogen-bond acceptors (Lipinski definition) is 2. The van der Waals surface area contributed by atoms with Crippen LogP contribution in [0.15, 0.2) is 30.3 Å². The van der Waals surface area contributed by atoms with Crippen molar-refractivity contribution < 1.29 is 27.1 Å². The first kappa shape index (κ1) is 15.2. The van der Waals surface area contributed by atoms with Gasteiger partial charge in [-0.2, -0.15) is 0 Å². The van der Waals surface area contributed by atoms with Crippen LogP contribution in [0.4, 0.5) is 27.6 Å². The summed E-state index contributed by atoms with van der Waals surface area (Å²) in [7, 11) is 0. The molecule has 0 aliphatic carbocycles.